The van der Waals surface area contributed by atoms with Crippen LogP contribution in [0.5, 0.6) is 0 Å². The monoisotopic (exact) mass is 452 g/mol. The molecule has 2 aliphatic rings. The maximum atomic E-state index is 13.3. The molecule has 0 saturated heterocycles. The minimum absolute atomic E-state index is 0.0438. The molecular weight excluding hydrogens is 416 g/mol. The smallest absolute Gasteiger partial charge is 0.330 e. The highest BCUT2D eigenvalue weighted by Crippen LogP contribution is 2.42. The van der Waals surface area contributed by atoms with Crippen molar-refractivity contribution in [3.63, 3.8) is 0 Å². The number of carbonyl (C=O) groups excluding carboxylic acids is 1. The quantitative estimate of drug-likeness (QED) is 0.351. The molecule has 0 aromatic carbocycles. The molecule has 0 bridgehead atoms. The van der Waals surface area contributed by atoms with E-state index in [0.29, 0.717) is 33.6 Å². The molecule has 32 heavy (non-hydrogen) atoms. The van der Waals surface area contributed by atoms with E-state index in [-0.39, 0.29) is 17.9 Å². The van der Waals surface area contributed by atoms with Gasteiger partial charge in [0.05, 0.1) is 11.7 Å². The second kappa shape index (κ2) is 9.62. The number of fused-ring (bicyclic) bond motifs is 1. The number of hydrogen-bond acceptors (Lipinski definition) is 3. The van der Waals surface area contributed by atoms with Gasteiger partial charge in [0.15, 0.2) is 0 Å². The van der Waals surface area contributed by atoms with E-state index in [9.17, 15) is 14.7 Å². The lowest BCUT2D eigenvalue weighted by atomic mass is 9.84. The molecule has 2 atom stereocenters. The molecule has 1 aromatic heterocycles. The van der Waals surface area contributed by atoms with Gasteiger partial charge in [-0.3, -0.25) is 9.78 Å². The molecule has 2 unspecified atom stereocenters. The summed E-state index contributed by atoms with van der Waals surface area (Å²) in [6, 6.07) is 3.41. The molecule has 1 aliphatic carbocycles. The van der Waals surface area contributed by atoms with Crippen LogP contribution in [0.1, 0.15) is 83.3 Å². The van der Waals surface area contributed by atoms with E-state index < -0.39 is 14.0 Å². The third kappa shape index (κ3) is 4.28. The van der Waals surface area contributed by atoms with Crippen LogP contribution < -0.4 is 0 Å². The number of rotatable bonds is 5. The van der Waals surface area contributed by atoms with Crippen LogP contribution in [0.25, 0.3) is 5.70 Å². The highest BCUT2D eigenvalue weighted by atomic mass is 28.3. The molecule has 172 valence electrons. The molecule has 1 aliphatic heterocycles. The summed E-state index contributed by atoms with van der Waals surface area (Å²) in [4.78, 5) is 30.9. The van der Waals surface area contributed by atoms with Crippen molar-refractivity contribution in [2.45, 2.75) is 89.9 Å². The van der Waals surface area contributed by atoms with Crippen LogP contribution in [0.15, 0.2) is 24.4 Å². The van der Waals surface area contributed by atoms with E-state index in [1.807, 2.05) is 0 Å². The SMILES string of the molecule is CC(C)[Si](C#CC1CCCCC1N1C(=O)c2ncccc2C1=CC(=O)O)(C(C)C)C(C)C. The van der Waals surface area contributed by atoms with Crippen LogP contribution >= 0.6 is 0 Å². The van der Waals surface area contributed by atoms with Gasteiger partial charge in [0, 0.05) is 23.8 Å². The van der Waals surface area contributed by atoms with Crippen molar-refractivity contribution in [3.05, 3.63) is 35.7 Å². The van der Waals surface area contributed by atoms with Crippen LogP contribution in [0.2, 0.25) is 16.6 Å². The number of carboxylic acid groups (broad SMARTS) is 1. The number of pyridine rings is 1. The van der Waals surface area contributed by atoms with Crippen LogP contribution in [0.3, 0.4) is 0 Å². The van der Waals surface area contributed by atoms with Gasteiger partial charge in [0.1, 0.15) is 13.8 Å². The van der Waals surface area contributed by atoms with Crippen LogP contribution in [-0.4, -0.2) is 41.0 Å². The molecule has 1 aromatic rings. The summed E-state index contributed by atoms with van der Waals surface area (Å²) < 4.78 is 0. The predicted molar refractivity (Wildman–Crippen MR) is 131 cm³/mol. The number of nitrogens with zero attached hydrogens (tertiary/aromatic N) is 2. The topological polar surface area (TPSA) is 70.5 Å². The zero-order chi connectivity index (χ0) is 23.6. The van der Waals surface area contributed by atoms with Gasteiger partial charge < -0.3 is 10.0 Å². The molecular formula is C26H36N2O3Si. The molecule has 5 nitrogen and oxygen atoms in total. The fraction of sp³-hybridized carbons (Fsp3) is 0.577. The van der Waals surface area contributed by atoms with Crippen molar-refractivity contribution in [1.29, 1.82) is 0 Å². The summed E-state index contributed by atoms with van der Waals surface area (Å²) in [7, 11) is -1.89. The average Bonchev–Trinajstić information content (AvgIpc) is 2.99. The Balaban J connectivity index is 2.05. The highest BCUT2D eigenvalue weighted by molar-refractivity contribution is 6.90. The Bertz CT molecular complexity index is 949. The average molecular weight is 453 g/mol. The molecule has 6 heteroatoms. The molecule has 0 spiro atoms. The minimum Gasteiger partial charge on any atom is -0.478 e. The number of carbonyl (C=O) groups is 2. The number of aromatic nitrogens is 1. The second-order valence-corrected chi connectivity index (χ2v) is 15.6. The second-order valence-electron chi connectivity index (χ2n) is 10.1. The van der Waals surface area contributed by atoms with Crippen molar-refractivity contribution in [2.75, 3.05) is 0 Å². The molecule has 1 fully saturated rings. The minimum atomic E-state index is -1.89. The normalized spacial score (nSPS) is 22.5. The van der Waals surface area contributed by atoms with Crippen LogP contribution in [0.4, 0.5) is 0 Å². The lowest BCUT2D eigenvalue weighted by Crippen LogP contribution is -2.45. The van der Waals surface area contributed by atoms with Gasteiger partial charge in [-0.2, -0.15) is 0 Å². The largest absolute Gasteiger partial charge is 0.478 e. The van der Waals surface area contributed by atoms with Crippen molar-refractivity contribution >= 4 is 25.6 Å². The van der Waals surface area contributed by atoms with Crippen molar-refractivity contribution in [2.24, 2.45) is 5.92 Å². The van der Waals surface area contributed by atoms with E-state index in [1.54, 1.807) is 23.2 Å². The van der Waals surface area contributed by atoms with Gasteiger partial charge in [-0.05, 0) is 41.6 Å². The zero-order valence-electron chi connectivity index (χ0n) is 20.2. The Morgan fingerprint density at radius 1 is 1.16 bits per heavy atom. The van der Waals surface area contributed by atoms with E-state index in [4.69, 9.17) is 0 Å². The van der Waals surface area contributed by atoms with Crippen LogP contribution in [-0.2, 0) is 4.79 Å². The standard InChI is InChI=1S/C26H36N2O3Si/c1-17(2)32(18(3)4,19(5)6)15-13-20-10-7-8-12-22(20)28-23(16-24(29)30)21-11-9-14-27-25(21)26(28)31/h9,11,14,16-20,22H,7-8,10,12H2,1-6H3,(H,29,30). The third-order valence-corrected chi connectivity index (χ3v) is 13.7. The highest BCUT2D eigenvalue weighted by Gasteiger charge is 2.44. The van der Waals surface area contributed by atoms with Crippen molar-refractivity contribution < 1.29 is 14.7 Å². The third-order valence-electron chi connectivity index (χ3n) is 7.43. The number of amides is 1. The molecule has 3 rings (SSSR count). The van der Waals surface area contributed by atoms with Gasteiger partial charge in [-0.15, -0.1) is 11.5 Å². The summed E-state index contributed by atoms with van der Waals surface area (Å²) in [5, 5.41) is 9.50. The molecule has 2 heterocycles. The Hall–Kier alpha value is -2.39. The first-order chi connectivity index (χ1) is 15.1. The summed E-state index contributed by atoms with van der Waals surface area (Å²) in [5.41, 5.74) is 6.87. The van der Waals surface area contributed by atoms with E-state index in [2.05, 4.69) is 58.0 Å². The summed E-state index contributed by atoms with van der Waals surface area (Å²) in [6.07, 6.45) is 6.60. The Morgan fingerprint density at radius 3 is 2.38 bits per heavy atom. The predicted octanol–water partition coefficient (Wildman–Crippen LogP) is 5.74. The lowest BCUT2D eigenvalue weighted by Gasteiger charge is -2.39. The van der Waals surface area contributed by atoms with Crippen LogP contribution in [0, 0.1) is 17.4 Å². The fourth-order valence-corrected chi connectivity index (χ4v) is 11.3. The van der Waals surface area contributed by atoms with Gasteiger partial charge in [0.25, 0.3) is 5.91 Å². The molecule has 1 saturated carbocycles. The fourth-order valence-electron chi connectivity index (χ4n) is 5.97. The van der Waals surface area contributed by atoms with Gasteiger partial charge in [-0.1, -0.05) is 54.4 Å². The van der Waals surface area contributed by atoms with Gasteiger partial charge >= 0.3 is 5.97 Å². The molecule has 1 N–H and O–H groups in total. The van der Waals surface area contributed by atoms with Crippen molar-refractivity contribution in [3.8, 4) is 11.5 Å². The number of hydrogen-bond donors (Lipinski definition) is 1. The van der Waals surface area contributed by atoms with Crippen molar-refractivity contribution in [1.82, 2.24) is 9.88 Å². The zero-order valence-corrected chi connectivity index (χ0v) is 21.2. The maximum Gasteiger partial charge on any atom is 0.330 e. The first-order valence-corrected chi connectivity index (χ1v) is 14.1. The van der Waals surface area contributed by atoms with E-state index >= 15 is 0 Å². The summed E-state index contributed by atoms with van der Waals surface area (Å²) in [5.74, 6) is 2.46. The Kier molecular flexibility index (Phi) is 7.29. The Morgan fingerprint density at radius 2 is 1.78 bits per heavy atom. The van der Waals surface area contributed by atoms with E-state index in [1.165, 1.54) is 0 Å². The van der Waals surface area contributed by atoms with Gasteiger partial charge in [-0.25, -0.2) is 4.79 Å². The Labute approximate surface area is 193 Å². The number of aliphatic carboxylic acids is 1. The number of carboxylic acids is 1. The first-order valence-electron chi connectivity index (χ1n) is 11.9. The maximum absolute atomic E-state index is 13.3. The summed E-state index contributed by atoms with van der Waals surface area (Å²) >= 11 is 0. The van der Waals surface area contributed by atoms with Gasteiger partial charge in [0.2, 0.25) is 0 Å². The summed E-state index contributed by atoms with van der Waals surface area (Å²) in [6.45, 7) is 13.8. The lowest BCUT2D eigenvalue weighted by molar-refractivity contribution is -0.131. The molecule has 1 amide bonds. The molecule has 0 radical (unpaired) electrons. The van der Waals surface area contributed by atoms with E-state index in [0.717, 1.165) is 31.8 Å². The first kappa shape index (κ1) is 24.3.